The minimum Gasteiger partial charge on any atom is -0.506 e. The molecule has 4 nitrogen and oxygen atoms in total. The third-order valence-corrected chi connectivity index (χ3v) is 5.59. The van der Waals surface area contributed by atoms with Gasteiger partial charge in [0.1, 0.15) is 12.3 Å². The summed E-state index contributed by atoms with van der Waals surface area (Å²) in [5.41, 5.74) is 1.70. The molecular weight excluding hydrogens is 326 g/mol. The van der Waals surface area contributed by atoms with E-state index >= 15 is 0 Å². The number of phenolic OH excluding ortho intramolecular Hbond substituents is 1. The fourth-order valence-electron chi connectivity index (χ4n) is 3.94. The fraction of sp³-hybridized carbons (Fsp3) is 0.526. The van der Waals surface area contributed by atoms with E-state index in [0.717, 1.165) is 30.3 Å². The Morgan fingerprint density at radius 2 is 2.12 bits per heavy atom. The number of likely N-dealkylation sites (tertiary alicyclic amines) is 1. The summed E-state index contributed by atoms with van der Waals surface area (Å²) in [5.74, 6) is 0.0495. The summed E-state index contributed by atoms with van der Waals surface area (Å²) in [6, 6.07) is 3.80. The Kier molecular flexibility index (Phi) is 5.16. The first-order valence-corrected chi connectivity index (χ1v) is 9.24. The van der Waals surface area contributed by atoms with Crippen LogP contribution in [0.2, 0.25) is 5.02 Å². The molecule has 0 aliphatic carbocycles. The van der Waals surface area contributed by atoms with Crippen molar-refractivity contribution in [2.24, 2.45) is 0 Å². The van der Waals surface area contributed by atoms with Crippen LogP contribution < -0.4 is 10.5 Å². The van der Waals surface area contributed by atoms with Crippen LogP contribution in [0, 0.1) is 0 Å². The molecule has 1 saturated heterocycles. The van der Waals surface area contributed by atoms with Gasteiger partial charge in [0.2, 0.25) is 0 Å². The average Bonchev–Trinajstić information content (AvgIpc) is 2.59. The van der Waals surface area contributed by atoms with Crippen LogP contribution in [0.1, 0.15) is 50.7 Å². The van der Waals surface area contributed by atoms with E-state index in [1.54, 1.807) is 6.07 Å². The number of aryl methyl sites for hydroxylation is 1. The number of hydrogen-bond donors (Lipinski definition) is 2. The molecule has 0 radical (unpaired) electrons. The number of aromatic hydroxyl groups is 1. The van der Waals surface area contributed by atoms with Crippen LogP contribution in [0.25, 0.3) is 11.0 Å². The van der Waals surface area contributed by atoms with Gasteiger partial charge in [-0.2, -0.15) is 0 Å². The van der Waals surface area contributed by atoms with Crippen LogP contribution in [-0.2, 0) is 13.0 Å². The lowest BCUT2D eigenvalue weighted by atomic mass is 9.98. The second-order valence-electron chi connectivity index (χ2n) is 6.69. The summed E-state index contributed by atoms with van der Waals surface area (Å²) in [6.45, 7) is 5.92. The number of piperidine rings is 1. The van der Waals surface area contributed by atoms with E-state index in [-0.39, 0.29) is 11.4 Å². The summed E-state index contributed by atoms with van der Waals surface area (Å²) in [5, 5.41) is 11.7. The first-order chi connectivity index (χ1) is 11.5. The van der Waals surface area contributed by atoms with Crippen LogP contribution in [-0.4, -0.2) is 17.7 Å². The second-order valence-corrected chi connectivity index (χ2v) is 7.10. The molecule has 130 valence electrons. The quantitative estimate of drug-likeness (QED) is 0.833. The molecule has 2 aromatic rings. The van der Waals surface area contributed by atoms with E-state index in [4.69, 9.17) is 16.0 Å². The molecular formula is C19H25ClNO3+. The zero-order valence-corrected chi connectivity index (χ0v) is 15.1. The Balaban J connectivity index is 2.13. The first-order valence-electron chi connectivity index (χ1n) is 8.86. The topological polar surface area (TPSA) is 54.9 Å². The summed E-state index contributed by atoms with van der Waals surface area (Å²) in [6.07, 6.45) is 5.49. The molecule has 0 spiro atoms. The van der Waals surface area contributed by atoms with Gasteiger partial charge >= 0.3 is 5.63 Å². The lowest BCUT2D eigenvalue weighted by Crippen LogP contribution is -3.15. The van der Waals surface area contributed by atoms with E-state index < -0.39 is 0 Å². The number of phenols is 1. The summed E-state index contributed by atoms with van der Waals surface area (Å²) < 4.78 is 5.49. The summed E-state index contributed by atoms with van der Waals surface area (Å²) in [7, 11) is 0. The van der Waals surface area contributed by atoms with Crippen molar-refractivity contribution >= 4 is 22.6 Å². The van der Waals surface area contributed by atoms with Crippen molar-refractivity contribution in [3.8, 4) is 5.75 Å². The lowest BCUT2D eigenvalue weighted by molar-refractivity contribution is -0.944. The number of rotatable bonds is 4. The zero-order chi connectivity index (χ0) is 17.3. The molecule has 1 aromatic carbocycles. The average molecular weight is 351 g/mol. The van der Waals surface area contributed by atoms with Gasteiger partial charge < -0.3 is 14.4 Å². The van der Waals surface area contributed by atoms with Crippen LogP contribution in [0.15, 0.2) is 21.3 Å². The maximum atomic E-state index is 11.9. The predicted octanol–water partition coefficient (Wildman–Crippen LogP) is 3.06. The molecule has 2 atom stereocenters. The molecule has 1 unspecified atom stereocenters. The largest absolute Gasteiger partial charge is 0.506 e. The van der Waals surface area contributed by atoms with Crippen molar-refractivity contribution in [1.82, 2.24) is 0 Å². The minimum absolute atomic E-state index is 0.0495. The van der Waals surface area contributed by atoms with Gasteiger partial charge in [-0.3, -0.25) is 0 Å². The Labute approximate surface area is 147 Å². The van der Waals surface area contributed by atoms with Gasteiger partial charge in [-0.25, -0.2) is 4.79 Å². The van der Waals surface area contributed by atoms with Gasteiger partial charge in [0.15, 0.2) is 5.58 Å². The molecule has 1 fully saturated rings. The smallest absolute Gasteiger partial charge is 0.336 e. The minimum atomic E-state index is -0.372. The van der Waals surface area contributed by atoms with Gasteiger partial charge in [-0.05, 0) is 43.7 Å². The van der Waals surface area contributed by atoms with E-state index in [1.165, 1.54) is 30.2 Å². The molecule has 24 heavy (non-hydrogen) atoms. The van der Waals surface area contributed by atoms with Crippen LogP contribution in [0.3, 0.4) is 0 Å². The molecule has 3 rings (SSSR count). The van der Waals surface area contributed by atoms with Crippen molar-refractivity contribution < 1.29 is 14.4 Å². The normalized spacial score (nSPS) is 21.3. The Morgan fingerprint density at radius 1 is 1.33 bits per heavy atom. The van der Waals surface area contributed by atoms with Crippen LogP contribution in [0.5, 0.6) is 5.75 Å². The van der Waals surface area contributed by atoms with E-state index in [0.29, 0.717) is 28.8 Å². The molecule has 1 aromatic heterocycles. The maximum Gasteiger partial charge on any atom is 0.336 e. The van der Waals surface area contributed by atoms with Crippen molar-refractivity contribution in [3.05, 3.63) is 38.7 Å². The number of quaternary nitrogens is 1. The summed E-state index contributed by atoms with van der Waals surface area (Å²) in [4.78, 5) is 13.4. The maximum absolute atomic E-state index is 11.9. The number of hydrogen-bond acceptors (Lipinski definition) is 3. The van der Waals surface area contributed by atoms with Gasteiger partial charge in [-0.15, -0.1) is 0 Å². The van der Waals surface area contributed by atoms with Gasteiger partial charge in [0, 0.05) is 11.5 Å². The standard InChI is InChI=1S/C19H24ClNO3/c1-3-12-9-17(22)24-19-14(12)10-16(20)18(23)15(19)11-21-8-6-5-7-13(21)4-2/h9-10,13,23H,3-8,11H2,1-2H3/p+1/t13-/m1/s1. The number of fused-ring (bicyclic) bond motifs is 1. The highest BCUT2D eigenvalue weighted by molar-refractivity contribution is 6.33. The second kappa shape index (κ2) is 7.16. The Hall–Kier alpha value is -1.52. The number of halogens is 1. The van der Waals surface area contributed by atoms with E-state index in [1.807, 2.05) is 6.92 Å². The molecule has 5 heteroatoms. The highest BCUT2D eigenvalue weighted by Gasteiger charge is 2.28. The fourth-order valence-corrected chi connectivity index (χ4v) is 4.16. The number of nitrogens with one attached hydrogen (secondary N) is 1. The van der Waals surface area contributed by atoms with Crippen molar-refractivity contribution in [2.75, 3.05) is 6.54 Å². The van der Waals surface area contributed by atoms with Gasteiger partial charge in [0.25, 0.3) is 0 Å². The molecule has 0 saturated carbocycles. The van der Waals surface area contributed by atoms with Crippen molar-refractivity contribution in [1.29, 1.82) is 0 Å². The molecule has 1 aliphatic rings. The predicted molar refractivity (Wildman–Crippen MR) is 96.0 cm³/mol. The first kappa shape index (κ1) is 17.3. The monoisotopic (exact) mass is 350 g/mol. The number of benzene rings is 1. The Bertz CT molecular complexity index is 799. The SMILES string of the molecule is CCc1cc(=O)oc2c(C[NH+]3CCCC[C@H]3CC)c(O)c(Cl)cc12. The van der Waals surface area contributed by atoms with Crippen molar-refractivity contribution in [3.63, 3.8) is 0 Å². The van der Waals surface area contributed by atoms with Gasteiger partial charge in [0.05, 0.1) is 23.2 Å². The summed E-state index contributed by atoms with van der Waals surface area (Å²) >= 11 is 6.27. The third-order valence-electron chi connectivity index (χ3n) is 5.30. The van der Waals surface area contributed by atoms with Gasteiger partial charge in [-0.1, -0.05) is 25.4 Å². The lowest BCUT2D eigenvalue weighted by Gasteiger charge is -2.32. The third kappa shape index (κ3) is 3.17. The molecule has 2 heterocycles. The molecule has 0 bridgehead atoms. The highest BCUT2D eigenvalue weighted by atomic mass is 35.5. The highest BCUT2D eigenvalue weighted by Crippen LogP contribution is 2.35. The van der Waals surface area contributed by atoms with Crippen molar-refractivity contribution in [2.45, 2.75) is 58.5 Å². The van der Waals surface area contributed by atoms with Crippen LogP contribution in [0.4, 0.5) is 0 Å². The molecule has 0 amide bonds. The van der Waals surface area contributed by atoms with E-state index in [9.17, 15) is 9.90 Å². The Morgan fingerprint density at radius 3 is 2.83 bits per heavy atom. The molecule has 2 N–H and O–H groups in total. The zero-order valence-electron chi connectivity index (χ0n) is 14.3. The van der Waals surface area contributed by atoms with E-state index in [2.05, 4.69) is 6.92 Å². The molecule has 1 aliphatic heterocycles. The van der Waals surface area contributed by atoms with Crippen LogP contribution >= 0.6 is 11.6 Å².